The van der Waals surface area contributed by atoms with Gasteiger partial charge in [-0.2, -0.15) is 0 Å². The second-order valence-electron chi connectivity index (χ2n) is 4.94. The minimum Gasteiger partial charge on any atom is -0.326 e. The van der Waals surface area contributed by atoms with E-state index >= 15 is 0 Å². The third-order valence-corrected chi connectivity index (χ3v) is 3.07. The quantitative estimate of drug-likeness (QED) is 0.875. The molecule has 0 spiro atoms. The predicted octanol–water partition coefficient (Wildman–Crippen LogP) is 2.90. The maximum atomic E-state index is 12.0. The molecular formula is C17H20N2O. The maximum Gasteiger partial charge on any atom is 0.228 e. The van der Waals surface area contributed by atoms with Crippen molar-refractivity contribution in [1.82, 2.24) is 5.32 Å². The van der Waals surface area contributed by atoms with Gasteiger partial charge in [-0.05, 0) is 37.2 Å². The van der Waals surface area contributed by atoms with Gasteiger partial charge in [0.2, 0.25) is 5.91 Å². The molecule has 2 aromatic rings. The number of nitrogens with one attached hydrogen (secondary N) is 2. The van der Waals surface area contributed by atoms with Gasteiger partial charge >= 0.3 is 0 Å². The number of hydrogen-bond donors (Lipinski definition) is 2. The first-order chi connectivity index (χ1) is 9.67. The average Bonchev–Trinajstić information content (AvgIpc) is 2.41. The Bertz CT molecular complexity index is 576. The van der Waals surface area contributed by atoms with Crippen LogP contribution in [0.3, 0.4) is 0 Å². The van der Waals surface area contributed by atoms with Crippen LogP contribution in [0, 0.1) is 6.92 Å². The summed E-state index contributed by atoms with van der Waals surface area (Å²) in [6.07, 6.45) is 0.403. The van der Waals surface area contributed by atoms with E-state index in [2.05, 4.69) is 10.6 Å². The Morgan fingerprint density at radius 2 is 1.80 bits per heavy atom. The van der Waals surface area contributed by atoms with Crippen molar-refractivity contribution in [1.29, 1.82) is 0 Å². The van der Waals surface area contributed by atoms with Crippen LogP contribution in [0.1, 0.15) is 16.7 Å². The van der Waals surface area contributed by atoms with Gasteiger partial charge in [0.05, 0.1) is 6.42 Å². The molecule has 2 N–H and O–H groups in total. The highest BCUT2D eigenvalue weighted by atomic mass is 16.1. The largest absolute Gasteiger partial charge is 0.326 e. The van der Waals surface area contributed by atoms with Crippen molar-refractivity contribution < 1.29 is 4.79 Å². The molecule has 0 saturated heterocycles. The Morgan fingerprint density at radius 3 is 2.45 bits per heavy atom. The zero-order chi connectivity index (χ0) is 14.4. The molecule has 20 heavy (non-hydrogen) atoms. The zero-order valence-corrected chi connectivity index (χ0v) is 11.9. The van der Waals surface area contributed by atoms with Crippen LogP contribution in [0.5, 0.6) is 0 Å². The fourth-order valence-electron chi connectivity index (χ4n) is 2.12. The second kappa shape index (κ2) is 6.87. The first kappa shape index (κ1) is 14.3. The number of amides is 1. The first-order valence-corrected chi connectivity index (χ1v) is 6.76. The fourth-order valence-corrected chi connectivity index (χ4v) is 2.12. The summed E-state index contributed by atoms with van der Waals surface area (Å²) in [6.45, 7) is 2.86. The summed E-state index contributed by atoms with van der Waals surface area (Å²) in [5.41, 5.74) is 4.24. The highest BCUT2D eigenvalue weighted by Gasteiger charge is 2.04. The summed E-state index contributed by atoms with van der Waals surface area (Å²) >= 11 is 0. The Hall–Kier alpha value is -2.13. The van der Waals surface area contributed by atoms with Crippen molar-refractivity contribution in [3.05, 3.63) is 65.2 Å². The van der Waals surface area contributed by atoms with E-state index in [1.54, 1.807) is 0 Å². The number of benzene rings is 2. The van der Waals surface area contributed by atoms with E-state index in [-0.39, 0.29) is 5.91 Å². The van der Waals surface area contributed by atoms with Gasteiger partial charge in [-0.3, -0.25) is 4.79 Å². The van der Waals surface area contributed by atoms with E-state index in [0.29, 0.717) is 6.42 Å². The summed E-state index contributed by atoms with van der Waals surface area (Å²) in [5.74, 6) is 0.0111. The maximum absolute atomic E-state index is 12.0. The van der Waals surface area contributed by atoms with Crippen molar-refractivity contribution in [3.8, 4) is 0 Å². The summed E-state index contributed by atoms with van der Waals surface area (Å²) in [4.78, 5) is 12.0. The molecule has 0 heterocycles. The summed E-state index contributed by atoms with van der Waals surface area (Å²) in [7, 11) is 1.91. The molecule has 2 rings (SSSR count). The normalized spacial score (nSPS) is 10.3. The van der Waals surface area contributed by atoms with Gasteiger partial charge in [0.25, 0.3) is 0 Å². The molecule has 3 nitrogen and oxygen atoms in total. The number of hydrogen-bond acceptors (Lipinski definition) is 2. The lowest BCUT2D eigenvalue weighted by Gasteiger charge is -2.07. The van der Waals surface area contributed by atoms with Crippen molar-refractivity contribution in [2.24, 2.45) is 0 Å². The van der Waals surface area contributed by atoms with E-state index in [4.69, 9.17) is 0 Å². The summed E-state index contributed by atoms with van der Waals surface area (Å²) in [6, 6.07) is 15.9. The molecule has 3 heteroatoms. The summed E-state index contributed by atoms with van der Waals surface area (Å²) in [5, 5.41) is 6.01. The fraction of sp³-hybridized carbons (Fsp3) is 0.235. The highest BCUT2D eigenvalue weighted by molar-refractivity contribution is 5.92. The molecule has 0 saturated carbocycles. The molecule has 1 amide bonds. The standard InChI is InChI=1S/C17H20N2O/c1-13-4-3-5-15(10-13)11-17(20)19-16-8-6-14(7-9-16)12-18-2/h3-10,18H,11-12H2,1-2H3,(H,19,20). The van der Waals surface area contributed by atoms with Crippen LogP contribution in [0.15, 0.2) is 48.5 Å². The minimum atomic E-state index is 0.0111. The van der Waals surface area contributed by atoms with Crippen molar-refractivity contribution in [2.45, 2.75) is 19.9 Å². The molecule has 0 aliphatic heterocycles. The number of aryl methyl sites for hydroxylation is 1. The zero-order valence-electron chi connectivity index (χ0n) is 11.9. The van der Waals surface area contributed by atoms with Gasteiger partial charge in [0, 0.05) is 12.2 Å². The van der Waals surface area contributed by atoms with E-state index in [1.807, 2.05) is 62.5 Å². The second-order valence-corrected chi connectivity index (χ2v) is 4.94. The van der Waals surface area contributed by atoms with Crippen LogP contribution >= 0.6 is 0 Å². The smallest absolute Gasteiger partial charge is 0.228 e. The van der Waals surface area contributed by atoms with Crippen LogP contribution in [0.25, 0.3) is 0 Å². The van der Waals surface area contributed by atoms with E-state index in [9.17, 15) is 4.79 Å². The number of carbonyl (C=O) groups is 1. The van der Waals surface area contributed by atoms with Crippen LogP contribution in [-0.2, 0) is 17.8 Å². The highest BCUT2D eigenvalue weighted by Crippen LogP contribution is 2.11. The predicted molar refractivity (Wildman–Crippen MR) is 82.7 cm³/mol. The molecule has 0 aromatic heterocycles. The van der Waals surface area contributed by atoms with E-state index < -0.39 is 0 Å². The van der Waals surface area contributed by atoms with Crippen molar-refractivity contribution >= 4 is 11.6 Å². The van der Waals surface area contributed by atoms with Gasteiger partial charge in [0.15, 0.2) is 0 Å². The number of anilines is 1. The van der Waals surface area contributed by atoms with Crippen molar-refractivity contribution in [3.63, 3.8) is 0 Å². The summed E-state index contributed by atoms with van der Waals surface area (Å²) < 4.78 is 0. The Kier molecular flexibility index (Phi) is 4.91. The number of carbonyl (C=O) groups excluding carboxylic acids is 1. The van der Waals surface area contributed by atoms with Crippen LogP contribution in [0.2, 0.25) is 0 Å². The topological polar surface area (TPSA) is 41.1 Å². The van der Waals surface area contributed by atoms with Crippen LogP contribution < -0.4 is 10.6 Å². The van der Waals surface area contributed by atoms with Gasteiger partial charge in [-0.15, -0.1) is 0 Å². The lowest BCUT2D eigenvalue weighted by Crippen LogP contribution is -2.14. The SMILES string of the molecule is CNCc1ccc(NC(=O)Cc2cccc(C)c2)cc1. The third-order valence-electron chi connectivity index (χ3n) is 3.07. The molecule has 0 unspecified atom stereocenters. The lowest BCUT2D eigenvalue weighted by atomic mass is 10.1. The molecule has 104 valence electrons. The van der Waals surface area contributed by atoms with Crippen LogP contribution in [0.4, 0.5) is 5.69 Å². The molecular weight excluding hydrogens is 248 g/mol. The Balaban J connectivity index is 1.94. The first-order valence-electron chi connectivity index (χ1n) is 6.76. The van der Waals surface area contributed by atoms with Gasteiger partial charge < -0.3 is 10.6 Å². The molecule has 2 aromatic carbocycles. The molecule has 0 bridgehead atoms. The van der Waals surface area contributed by atoms with Crippen molar-refractivity contribution in [2.75, 3.05) is 12.4 Å². The van der Waals surface area contributed by atoms with Gasteiger partial charge in [0.1, 0.15) is 0 Å². The Labute approximate surface area is 120 Å². The molecule has 0 radical (unpaired) electrons. The molecule has 0 atom stereocenters. The molecule has 0 aliphatic rings. The Morgan fingerprint density at radius 1 is 1.05 bits per heavy atom. The number of rotatable bonds is 5. The molecule has 0 aliphatic carbocycles. The third kappa shape index (κ3) is 4.21. The van der Waals surface area contributed by atoms with Crippen LogP contribution in [-0.4, -0.2) is 13.0 Å². The average molecular weight is 268 g/mol. The van der Waals surface area contributed by atoms with E-state index in [0.717, 1.165) is 17.8 Å². The van der Waals surface area contributed by atoms with Gasteiger partial charge in [-0.25, -0.2) is 0 Å². The van der Waals surface area contributed by atoms with Gasteiger partial charge in [-0.1, -0.05) is 42.0 Å². The molecule has 0 fully saturated rings. The minimum absolute atomic E-state index is 0.0111. The van der Waals surface area contributed by atoms with E-state index in [1.165, 1.54) is 11.1 Å². The lowest BCUT2D eigenvalue weighted by molar-refractivity contribution is -0.115. The monoisotopic (exact) mass is 268 g/mol.